The van der Waals surface area contributed by atoms with Gasteiger partial charge in [0.15, 0.2) is 0 Å². The summed E-state index contributed by atoms with van der Waals surface area (Å²) >= 11 is 0. The van der Waals surface area contributed by atoms with Gasteiger partial charge in [0.05, 0.1) is 37.6 Å². The van der Waals surface area contributed by atoms with Crippen molar-refractivity contribution >= 4 is 5.91 Å². The standard InChI is InChI=1S/C18H35NO5/c1-13(20)11-23-15(3)8-17(9-16(4)24-12-14(2)21)10-19-7-5-6-18(19)22/h13-17,20-21H,5-12H2,1-4H3. The molecule has 1 aliphatic heterocycles. The van der Waals surface area contributed by atoms with Crippen molar-refractivity contribution in [1.82, 2.24) is 4.90 Å². The molecule has 1 amide bonds. The monoisotopic (exact) mass is 345 g/mol. The molecule has 1 saturated heterocycles. The number of likely N-dealkylation sites (tertiary alicyclic amines) is 1. The van der Waals surface area contributed by atoms with Gasteiger partial charge in [-0.1, -0.05) is 0 Å². The molecule has 1 aliphatic rings. The van der Waals surface area contributed by atoms with Crippen LogP contribution in [0.3, 0.4) is 0 Å². The maximum absolute atomic E-state index is 11.9. The Morgan fingerprint density at radius 3 is 1.88 bits per heavy atom. The van der Waals surface area contributed by atoms with Crippen LogP contribution in [-0.4, -0.2) is 71.7 Å². The van der Waals surface area contributed by atoms with E-state index in [1.807, 2.05) is 18.7 Å². The Hall–Kier alpha value is -0.690. The van der Waals surface area contributed by atoms with E-state index in [1.165, 1.54) is 0 Å². The summed E-state index contributed by atoms with van der Waals surface area (Å²) in [7, 11) is 0. The van der Waals surface area contributed by atoms with E-state index < -0.39 is 12.2 Å². The van der Waals surface area contributed by atoms with Gasteiger partial charge in [0.2, 0.25) is 5.91 Å². The molecule has 24 heavy (non-hydrogen) atoms. The number of hydrogen-bond donors (Lipinski definition) is 2. The van der Waals surface area contributed by atoms with Crippen LogP contribution in [0, 0.1) is 5.92 Å². The first-order chi connectivity index (χ1) is 11.3. The van der Waals surface area contributed by atoms with E-state index in [0.29, 0.717) is 19.6 Å². The number of amides is 1. The number of aliphatic hydroxyl groups is 2. The zero-order valence-electron chi connectivity index (χ0n) is 15.6. The Balaban J connectivity index is 2.52. The van der Waals surface area contributed by atoms with Gasteiger partial charge in [-0.05, 0) is 52.9 Å². The number of carbonyl (C=O) groups excluding carboxylic acids is 1. The zero-order chi connectivity index (χ0) is 18.1. The van der Waals surface area contributed by atoms with Gasteiger partial charge >= 0.3 is 0 Å². The molecule has 0 saturated carbocycles. The molecule has 4 unspecified atom stereocenters. The largest absolute Gasteiger partial charge is 0.391 e. The van der Waals surface area contributed by atoms with Crippen molar-refractivity contribution in [3.63, 3.8) is 0 Å². The quantitative estimate of drug-likeness (QED) is 0.561. The molecule has 1 fully saturated rings. The number of ether oxygens (including phenoxy) is 2. The molecule has 4 atom stereocenters. The highest BCUT2D eigenvalue weighted by Crippen LogP contribution is 2.22. The molecule has 0 aromatic rings. The van der Waals surface area contributed by atoms with Gasteiger partial charge in [-0.3, -0.25) is 4.79 Å². The normalized spacial score (nSPS) is 21.6. The fraction of sp³-hybridized carbons (Fsp3) is 0.944. The summed E-state index contributed by atoms with van der Waals surface area (Å²) in [5.74, 6) is 0.509. The van der Waals surface area contributed by atoms with Gasteiger partial charge in [0, 0.05) is 19.5 Å². The number of aliphatic hydroxyl groups excluding tert-OH is 2. The van der Waals surface area contributed by atoms with Crippen molar-refractivity contribution in [1.29, 1.82) is 0 Å². The molecule has 1 rings (SSSR count). The van der Waals surface area contributed by atoms with Crippen LogP contribution in [0.15, 0.2) is 0 Å². The molecule has 142 valence electrons. The van der Waals surface area contributed by atoms with Crippen LogP contribution in [0.2, 0.25) is 0 Å². The predicted molar refractivity (Wildman–Crippen MR) is 92.7 cm³/mol. The van der Waals surface area contributed by atoms with Gasteiger partial charge in [0.1, 0.15) is 0 Å². The lowest BCUT2D eigenvalue weighted by Gasteiger charge is -2.28. The number of rotatable bonds is 12. The third-order valence-corrected chi connectivity index (χ3v) is 4.22. The molecule has 6 nitrogen and oxygen atoms in total. The van der Waals surface area contributed by atoms with Crippen LogP contribution in [0.25, 0.3) is 0 Å². The fourth-order valence-electron chi connectivity index (χ4n) is 3.14. The number of carbonyl (C=O) groups is 1. The van der Waals surface area contributed by atoms with Crippen LogP contribution >= 0.6 is 0 Å². The summed E-state index contributed by atoms with van der Waals surface area (Å²) < 4.78 is 11.3. The van der Waals surface area contributed by atoms with Crippen LogP contribution < -0.4 is 0 Å². The van der Waals surface area contributed by atoms with Crippen molar-refractivity contribution in [2.45, 2.75) is 77.8 Å². The maximum atomic E-state index is 11.9. The lowest BCUT2D eigenvalue weighted by atomic mass is 9.95. The minimum Gasteiger partial charge on any atom is -0.391 e. The second-order valence-electron chi connectivity index (χ2n) is 7.27. The molecule has 2 N–H and O–H groups in total. The van der Waals surface area contributed by atoms with Gasteiger partial charge in [0.25, 0.3) is 0 Å². The van der Waals surface area contributed by atoms with Crippen LogP contribution in [-0.2, 0) is 14.3 Å². The molecule has 0 radical (unpaired) electrons. The first-order valence-electron chi connectivity index (χ1n) is 9.15. The highest BCUT2D eigenvalue weighted by atomic mass is 16.5. The van der Waals surface area contributed by atoms with Crippen molar-refractivity contribution < 1.29 is 24.5 Å². The predicted octanol–water partition coefficient (Wildman–Crippen LogP) is 1.58. The second-order valence-corrected chi connectivity index (χ2v) is 7.27. The summed E-state index contributed by atoms with van der Waals surface area (Å²) in [6, 6.07) is 0. The maximum Gasteiger partial charge on any atom is 0.222 e. The minimum absolute atomic E-state index is 0.0197. The van der Waals surface area contributed by atoms with Crippen molar-refractivity contribution in [2.75, 3.05) is 26.3 Å². The van der Waals surface area contributed by atoms with Crippen LogP contribution in [0.1, 0.15) is 53.4 Å². The SMILES string of the molecule is CC(O)COC(C)CC(CC(C)OCC(C)O)CN1CCCC1=O. The van der Waals surface area contributed by atoms with E-state index in [-0.39, 0.29) is 24.0 Å². The number of nitrogens with zero attached hydrogens (tertiary/aromatic N) is 1. The summed E-state index contributed by atoms with van der Waals surface area (Å²) in [6.07, 6.45) is 2.32. The Morgan fingerprint density at radius 1 is 1.00 bits per heavy atom. The zero-order valence-corrected chi connectivity index (χ0v) is 15.6. The van der Waals surface area contributed by atoms with Crippen LogP contribution in [0.5, 0.6) is 0 Å². The average molecular weight is 345 g/mol. The average Bonchev–Trinajstić information content (AvgIpc) is 2.88. The fourth-order valence-corrected chi connectivity index (χ4v) is 3.14. The third-order valence-electron chi connectivity index (χ3n) is 4.22. The summed E-state index contributed by atoms with van der Waals surface area (Å²) in [4.78, 5) is 13.8. The summed E-state index contributed by atoms with van der Waals surface area (Å²) in [6.45, 7) is 9.63. The van der Waals surface area contributed by atoms with E-state index in [1.54, 1.807) is 13.8 Å². The smallest absolute Gasteiger partial charge is 0.222 e. The van der Waals surface area contributed by atoms with Crippen molar-refractivity contribution in [3.05, 3.63) is 0 Å². The Labute approximate surface area is 146 Å². The summed E-state index contributed by atoms with van der Waals surface area (Å²) in [5, 5.41) is 18.7. The van der Waals surface area contributed by atoms with E-state index >= 15 is 0 Å². The molecule has 0 aromatic carbocycles. The molecule has 0 aromatic heterocycles. The van der Waals surface area contributed by atoms with Crippen molar-refractivity contribution in [2.24, 2.45) is 5.92 Å². The highest BCUT2D eigenvalue weighted by Gasteiger charge is 2.26. The lowest BCUT2D eigenvalue weighted by Crippen LogP contribution is -2.34. The minimum atomic E-state index is -0.473. The first-order valence-corrected chi connectivity index (χ1v) is 9.15. The first kappa shape index (κ1) is 21.4. The van der Waals surface area contributed by atoms with E-state index in [9.17, 15) is 15.0 Å². The van der Waals surface area contributed by atoms with Crippen LogP contribution in [0.4, 0.5) is 0 Å². The molecule has 6 heteroatoms. The molecule has 0 spiro atoms. The molecule has 0 aliphatic carbocycles. The number of hydrogen-bond acceptors (Lipinski definition) is 5. The molecular weight excluding hydrogens is 310 g/mol. The van der Waals surface area contributed by atoms with Gasteiger partial charge in [-0.2, -0.15) is 0 Å². The highest BCUT2D eigenvalue weighted by molar-refractivity contribution is 5.78. The second kappa shape index (κ2) is 11.0. The van der Waals surface area contributed by atoms with Gasteiger partial charge in [-0.25, -0.2) is 0 Å². The van der Waals surface area contributed by atoms with E-state index in [0.717, 1.165) is 32.4 Å². The Morgan fingerprint density at radius 2 is 1.50 bits per heavy atom. The van der Waals surface area contributed by atoms with Gasteiger partial charge < -0.3 is 24.6 Å². The Kier molecular flexibility index (Phi) is 9.81. The molecule has 0 bridgehead atoms. The molecular formula is C18H35NO5. The molecule has 1 heterocycles. The van der Waals surface area contributed by atoms with Gasteiger partial charge in [-0.15, -0.1) is 0 Å². The van der Waals surface area contributed by atoms with E-state index in [4.69, 9.17) is 9.47 Å². The lowest BCUT2D eigenvalue weighted by molar-refractivity contribution is -0.128. The third kappa shape index (κ3) is 8.97. The topological polar surface area (TPSA) is 79.2 Å². The van der Waals surface area contributed by atoms with Crippen molar-refractivity contribution in [3.8, 4) is 0 Å². The van der Waals surface area contributed by atoms with E-state index in [2.05, 4.69) is 0 Å². The summed E-state index contributed by atoms with van der Waals surface area (Å²) in [5.41, 5.74) is 0. The Bertz CT molecular complexity index is 341.